The van der Waals surface area contributed by atoms with Crippen molar-refractivity contribution in [3.8, 4) is 0 Å². The third kappa shape index (κ3) is 5.80. The Morgan fingerprint density at radius 1 is 1.12 bits per heavy atom. The number of carbonyl (C=O) groups excluding carboxylic acids is 3. The van der Waals surface area contributed by atoms with Gasteiger partial charge in [-0.15, -0.1) is 13.2 Å². The van der Waals surface area contributed by atoms with Gasteiger partial charge in [0.15, 0.2) is 0 Å². The summed E-state index contributed by atoms with van der Waals surface area (Å²) in [4.78, 5) is 48.7. The van der Waals surface area contributed by atoms with Crippen molar-refractivity contribution < 1.29 is 24.2 Å². The number of carbonyl (C=O) groups is 3. The lowest BCUT2D eigenvalue weighted by Crippen LogP contribution is -2.58. The predicted molar refractivity (Wildman–Crippen MR) is 163 cm³/mol. The largest absolute Gasteiger partial charge is 0.396 e. The van der Waals surface area contributed by atoms with E-state index in [0.717, 1.165) is 24.8 Å². The molecule has 2 bridgehead atoms. The molecule has 3 amide bonds. The molecular formula is C34H49N3O5. The van der Waals surface area contributed by atoms with E-state index in [4.69, 9.17) is 4.74 Å². The number of aliphatic hydroxyl groups excluding tert-OH is 1. The first kappa shape index (κ1) is 32.0. The molecule has 3 heterocycles. The molecule has 3 fully saturated rings. The second kappa shape index (κ2) is 13.6. The highest BCUT2D eigenvalue weighted by Crippen LogP contribution is 2.63. The minimum Gasteiger partial charge on any atom is -0.396 e. The van der Waals surface area contributed by atoms with Crippen LogP contribution in [0.4, 0.5) is 0 Å². The topological polar surface area (TPSA) is 90.4 Å². The van der Waals surface area contributed by atoms with E-state index < -0.39 is 29.1 Å². The number of ether oxygens (including phenoxy) is 1. The number of fused-ring (bicyclic) bond motifs is 1. The van der Waals surface area contributed by atoms with Crippen molar-refractivity contribution in [1.29, 1.82) is 0 Å². The number of hydrogen-bond acceptors (Lipinski definition) is 5. The molecule has 3 aliphatic rings. The average molecular weight is 580 g/mol. The van der Waals surface area contributed by atoms with Gasteiger partial charge in [0.1, 0.15) is 11.6 Å². The summed E-state index contributed by atoms with van der Waals surface area (Å²) in [6.07, 6.45) is 8.41. The van der Waals surface area contributed by atoms with Crippen molar-refractivity contribution >= 4 is 17.7 Å². The first-order valence-electron chi connectivity index (χ1n) is 15.7. The zero-order valence-electron chi connectivity index (χ0n) is 25.7. The van der Waals surface area contributed by atoms with Gasteiger partial charge >= 0.3 is 0 Å². The van der Waals surface area contributed by atoms with E-state index in [9.17, 15) is 19.5 Å². The van der Waals surface area contributed by atoms with Crippen molar-refractivity contribution in [3.05, 3.63) is 61.2 Å². The van der Waals surface area contributed by atoms with Crippen LogP contribution in [0.25, 0.3) is 0 Å². The number of aliphatic hydroxyl groups is 1. The van der Waals surface area contributed by atoms with Crippen molar-refractivity contribution in [1.82, 2.24) is 14.7 Å². The van der Waals surface area contributed by atoms with E-state index in [-0.39, 0.29) is 30.4 Å². The predicted octanol–water partition coefficient (Wildman–Crippen LogP) is 4.33. The quantitative estimate of drug-likeness (QED) is 0.233. The van der Waals surface area contributed by atoms with Gasteiger partial charge in [-0.1, -0.05) is 55.8 Å². The lowest BCUT2D eigenvalue weighted by molar-refractivity contribution is -0.154. The molecular weight excluding hydrogens is 530 g/mol. The summed E-state index contributed by atoms with van der Waals surface area (Å²) in [6, 6.07) is 8.98. The highest BCUT2D eigenvalue weighted by molar-refractivity contribution is 5.99. The Hall–Kier alpha value is -2.97. The lowest BCUT2D eigenvalue weighted by Gasteiger charge is -2.39. The van der Waals surface area contributed by atoms with Crippen LogP contribution in [0.15, 0.2) is 55.6 Å². The molecule has 230 valence electrons. The third-order valence-corrected chi connectivity index (χ3v) is 9.56. The molecule has 1 aromatic carbocycles. The van der Waals surface area contributed by atoms with E-state index in [0.29, 0.717) is 51.9 Å². The molecule has 42 heavy (non-hydrogen) atoms. The van der Waals surface area contributed by atoms with E-state index in [1.807, 2.05) is 49.1 Å². The molecule has 6 atom stereocenters. The van der Waals surface area contributed by atoms with Crippen LogP contribution in [0.2, 0.25) is 0 Å². The maximum Gasteiger partial charge on any atom is 0.248 e. The van der Waals surface area contributed by atoms with Gasteiger partial charge in [0, 0.05) is 38.8 Å². The maximum atomic E-state index is 14.5. The molecule has 3 aliphatic heterocycles. The lowest BCUT2D eigenvalue weighted by atomic mass is 9.66. The summed E-state index contributed by atoms with van der Waals surface area (Å²) in [5.74, 6) is -1.85. The number of unbranched alkanes of at least 4 members (excludes halogenated alkanes) is 2. The second-order valence-electron chi connectivity index (χ2n) is 12.5. The maximum absolute atomic E-state index is 14.5. The van der Waals surface area contributed by atoms with Crippen molar-refractivity contribution in [2.24, 2.45) is 11.8 Å². The van der Waals surface area contributed by atoms with Crippen LogP contribution < -0.4 is 0 Å². The molecule has 0 radical (unpaired) electrons. The Morgan fingerprint density at radius 2 is 1.83 bits per heavy atom. The highest BCUT2D eigenvalue weighted by atomic mass is 16.5. The monoisotopic (exact) mass is 579 g/mol. The summed E-state index contributed by atoms with van der Waals surface area (Å²) in [7, 11) is 0. The van der Waals surface area contributed by atoms with Gasteiger partial charge in [-0.05, 0) is 57.9 Å². The van der Waals surface area contributed by atoms with Crippen LogP contribution >= 0.6 is 0 Å². The zero-order valence-corrected chi connectivity index (χ0v) is 25.7. The van der Waals surface area contributed by atoms with Crippen LogP contribution in [0.3, 0.4) is 0 Å². The molecule has 3 saturated heterocycles. The van der Waals surface area contributed by atoms with Crippen molar-refractivity contribution in [3.63, 3.8) is 0 Å². The van der Waals surface area contributed by atoms with Gasteiger partial charge in [-0.25, -0.2) is 0 Å². The van der Waals surface area contributed by atoms with Gasteiger partial charge in [0.2, 0.25) is 17.7 Å². The molecule has 0 saturated carbocycles. The van der Waals surface area contributed by atoms with Gasteiger partial charge in [-0.3, -0.25) is 14.4 Å². The Labute approximate surface area is 251 Å². The molecule has 1 N–H and O–H groups in total. The standard InChI is InChI=1S/C34H49N3O5/c1-6-15-25(4)36(21-8-3)32(41)29-34-19-18-33(5,42-34)27(28(34)31(40)37(29)22-13-10-14-23-38)30(39)35(20-7-2)24-26-16-11-9-12-17-26/h7-9,11-12,16-17,25,27-29,38H,2-3,6,10,13-15,18-24H2,1,4-5H3/t25?,27-,28+,29?,33+,34?/m1/s1. The van der Waals surface area contributed by atoms with Crippen LogP contribution in [-0.2, 0) is 25.7 Å². The summed E-state index contributed by atoms with van der Waals surface area (Å²) in [5.41, 5.74) is -0.899. The summed E-state index contributed by atoms with van der Waals surface area (Å²) in [5, 5.41) is 9.32. The van der Waals surface area contributed by atoms with Crippen LogP contribution in [0, 0.1) is 11.8 Å². The number of nitrogens with zero attached hydrogens (tertiary/aromatic N) is 3. The van der Waals surface area contributed by atoms with E-state index in [1.54, 1.807) is 22.0 Å². The van der Waals surface area contributed by atoms with Crippen LogP contribution in [0.5, 0.6) is 0 Å². The number of amides is 3. The summed E-state index contributed by atoms with van der Waals surface area (Å²) in [6.45, 7) is 15.5. The van der Waals surface area contributed by atoms with Gasteiger partial charge < -0.3 is 24.5 Å². The smallest absolute Gasteiger partial charge is 0.248 e. The second-order valence-corrected chi connectivity index (χ2v) is 12.5. The van der Waals surface area contributed by atoms with Crippen molar-refractivity contribution in [2.75, 3.05) is 26.2 Å². The van der Waals surface area contributed by atoms with Crippen LogP contribution in [0.1, 0.15) is 71.3 Å². The fourth-order valence-electron chi connectivity index (χ4n) is 7.64. The molecule has 8 nitrogen and oxygen atoms in total. The van der Waals surface area contributed by atoms with Crippen molar-refractivity contribution in [2.45, 2.75) is 95.5 Å². The Morgan fingerprint density at radius 3 is 2.48 bits per heavy atom. The fourth-order valence-corrected chi connectivity index (χ4v) is 7.64. The molecule has 1 aromatic rings. The minimum absolute atomic E-state index is 0.0251. The number of likely N-dealkylation sites (tertiary alicyclic amines) is 1. The van der Waals surface area contributed by atoms with E-state index >= 15 is 0 Å². The SMILES string of the molecule is C=CCN(Cc1ccccc1)C(=O)[C@H]1[C@H]2C(=O)N(CCCCCO)C(C(=O)N(CC=C)C(C)CCC)C23CC[C@]1(C)O3. The Bertz CT molecular complexity index is 1140. The Balaban J connectivity index is 1.73. The molecule has 1 spiro atoms. The molecule has 4 rings (SSSR count). The number of rotatable bonds is 16. The Kier molecular flexibility index (Phi) is 10.3. The zero-order chi connectivity index (χ0) is 30.5. The molecule has 3 unspecified atom stereocenters. The summed E-state index contributed by atoms with van der Waals surface area (Å²) < 4.78 is 6.86. The van der Waals surface area contributed by atoms with Gasteiger partial charge in [-0.2, -0.15) is 0 Å². The van der Waals surface area contributed by atoms with E-state index in [1.165, 1.54) is 0 Å². The molecule has 8 heteroatoms. The number of benzene rings is 1. The molecule has 0 aliphatic carbocycles. The highest BCUT2D eigenvalue weighted by Gasteiger charge is 2.78. The average Bonchev–Trinajstić information content (AvgIpc) is 3.54. The first-order valence-corrected chi connectivity index (χ1v) is 15.7. The van der Waals surface area contributed by atoms with Gasteiger partial charge in [0.05, 0.1) is 17.4 Å². The first-order chi connectivity index (χ1) is 20.2. The number of hydrogen-bond donors (Lipinski definition) is 1. The summed E-state index contributed by atoms with van der Waals surface area (Å²) >= 11 is 0. The fraction of sp³-hybridized carbons (Fsp3) is 0.618. The molecule has 0 aromatic heterocycles. The van der Waals surface area contributed by atoms with E-state index in [2.05, 4.69) is 20.1 Å². The van der Waals surface area contributed by atoms with Crippen LogP contribution in [-0.4, -0.2) is 87.1 Å². The normalized spacial score (nSPS) is 28.4. The third-order valence-electron chi connectivity index (χ3n) is 9.56. The minimum atomic E-state index is -1.06. The van der Waals surface area contributed by atoms with Gasteiger partial charge in [0.25, 0.3) is 0 Å².